The maximum atomic E-state index is 14.5. The van der Waals surface area contributed by atoms with Crippen molar-refractivity contribution in [1.82, 2.24) is 20.9 Å². The van der Waals surface area contributed by atoms with E-state index in [0.29, 0.717) is 12.3 Å². The molecule has 17 heteroatoms. The zero-order valence-corrected chi connectivity index (χ0v) is 24.2. The second-order valence-corrected chi connectivity index (χ2v) is 14.2. The fourth-order valence-electron chi connectivity index (χ4n) is 5.78. The predicted octanol–water partition coefficient (Wildman–Crippen LogP) is 1.82. The molecular weight excluding hydrogens is 598 g/mol. The van der Waals surface area contributed by atoms with Gasteiger partial charge in [0.2, 0.25) is 38.6 Å². The molecule has 0 aromatic heterocycles. The monoisotopic (exact) mass is 632 g/mol. The number of alkyl halides is 5. The molecule has 0 unspecified atom stereocenters. The number of nitrogens with zero attached hydrogens (tertiary/aromatic N) is 1. The molecule has 3 N–H and O–H groups in total. The Bertz CT molecular complexity index is 1250. The number of sulfone groups is 1. The lowest BCUT2D eigenvalue weighted by Gasteiger charge is -2.37. The van der Waals surface area contributed by atoms with E-state index in [1.54, 1.807) is 5.32 Å². The van der Waals surface area contributed by atoms with E-state index in [4.69, 9.17) is 0 Å². The molecule has 3 aliphatic rings. The minimum Gasteiger partial charge on any atom is -0.356 e. The van der Waals surface area contributed by atoms with Crippen LogP contribution in [0.25, 0.3) is 0 Å². The Balaban J connectivity index is 1.97. The lowest BCUT2D eigenvalue weighted by molar-refractivity contribution is -0.176. The van der Waals surface area contributed by atoms with Crippen LogP contribution in [-0.2, 0) is 29.0 Å². The minimum absolute atomic E-state index is 0.252. The van der Waals surface area contributed by atoms with Crippen molar-refractivity contribution in [3.8, 4) is 0 Å². The van der Waals surface area contributed by atoms with Crippen LogP contribution in [0.1, 0.15) is 46.5 Å². The number of rotatable bonds is 8. The summed E-state index contributed by atoms with van der Waals surface area (Å²) in [5, 5.41) is 4.95. The quantitative estimate of drug-likeness (QED) is 0.349. The molecule has 0 spiro atoms. The van der Waals surface area contributed by atoms with E-state index in [1.807, 2.05) is 0 Å². The van der Waals surface area contributed by atoms with Crippen LogP contribution in [0.15, 0.2) is 11.2 Å². The smallest absolute Gasteiger partial charge is 0.356 e. The fraction of sp³-hybridized carbons (Fsp3) is 0.760. The van der Waals surface area contributed by atoms with Crippen molar-refractivity contribution in [2.45, 2.75) is 76.7 Å². The van der Waals surface area contributed by atoms with Gasteiger partial charge in [0.15, 0.2) is 0 Å². The van der Waals surface area contributed by atoms with Gasteiger partial charge in [0.1, 0.15) is 12.1 Å². The van der Waals surface area contributed by atoms with Crippen molar-refractivity contribution in [3.05, 3.63) is 11.2 Å². The summed E-state index contributed by atoms with van der Waals surface area (Å²) in [5.41, 5.74) is -1.31. The highest BCUT2D eigenvalue weighted by molar-refractivity contribution is 7.94. The third kappa shape index (κ3) is 7.75. The van der Waals surface area contributed by atoms with Gasteiger partial charge in [0, 0.05) is 38.1 Å². The number of hydrogen-bond donors (Lipinski definition) is 3. The Morgan fingerprint density at radius 3 is 2.26 bits per heavy atom. The molecule has 10 nitrogen and oxygen atoms in total. The van der Waals surface area contributed by atoms with Gasteiger partial charge < -0.3 is 20.9 Å². The molecule has 238 valence electrons. The van der Waals surface area contributed by atoms with Gasteiger partial charge in [-0.05, 0) is 36.2 Å². The van der Waals surface area contributed by atoms with Gasteiger partial charge in [-0.3, -0.25) is 19.2 Å². The standard InChI is InChI=1S/C25H34F6N4O6S/c1-23(2,3)18(34-22(39)25(29,30)31)21(38)35-11-13-9-24(27,28)10-15(13)17(35)20(37)33-14(8-16(26)42(4,40)41)7-12-5-6-32-19(12)36/h8,12-15,17-18H,5-7,9-11H2,1-4H3,(H,32,36)(H,33,37)(H,34,39)/b16-8+/t12-,13+,14-,15+,17+,18-/m0/s1. The molecule has 4 amide bonds. The molecule has 0 radical (unpaired) electrons. The van der Waals surface area contributed by atoms with E-state index in [2.05, 4.69) is 10.6 Å². The zero-order valence-electron chi connectivity index (χ0n) is 23.4. The summed E-state index contributed by atoms with van der Waals surface area (Å²) in [4.78, 5) is 52.0. The fourth-order valence-corrected chi connectivity index (χ4v) is 6.19. The third-order valence-corrected chi connectivity index (χ3v) is 8.63. The summed E-state index contributed by atoms with van der Waals surface area (Å²) < 4.78 is 106. The number of carbonyl (C=O) groups is 4. The Morgan fingerprint density at radius 2 is 1.76 bits per heavy atom. The Labute approximate surface area is 238 Å². The first-order chi connectivity index (χ1) is 19.0. The summed E-state index contributed by atoms with van der Waals surface area (Å²) in [6.07, 6.45) is -5.67. The van der Waals surface area contributed by atoms with Crippen molar-refractivity contribution < 1.29 is 53.9 Å². The van der Waals surface area contributed by atoms with Crippen LogP contribution in [0.4, 0.5) is 26.3 Å². The lowest BCUT2D eigenvalue weighted by Crippen LogP contribution is -2.60. The highest BCUT2D eigenvalue weighted by atomic mass is 32.2. The van der Waals surface area contributed by atoms with Gasteiger partial charge in [-0.1, -0.05) is 20.8 Å². The average Bonchev–Trinajstić information content (AvgIpc) is 3.45. The van der Waals surface area contributed by atoms with E-state index in [9.17, 15) is 53.9 Å². The highest BCUT2D eigenvalue weighted by Gasteiger charge is 2.59. The molecule has 0 bridgehead atoms. The maximum absolute atomic E-state index is 14.5. The second-order valence-electron chi connectivity index (χ2n) is 12.3. The Kier molecular flexibility index (Phi) is 9.36. The van der Waals surface area contributed by atoms with E-state index in [0.717, 1.165) is 4.90 Å². The van der Waals surface area contributed by atoms with Crippen molar-refractivity contribution in [2.24, 2.45) is 23.2 Å². The largest absolute Gasteiger partial charge is 0.471 e. The molecule has 1 aliphatic carbocycles. The summed E-state index contributed by atoms with van der Waals surface area (Å²) in [6, 6.07) is -4.87. The number of likely N-dealkylation sites (tertiary alicyclic amines) is 1. The average molecular weight is 633 g/mol. The van der Waals surface area contributed by atoms with Crippen LogP contribution < -0.4 is 16.0 Å². The molecule has 2 saturated heterocycles. The van der Waals surface area contributed by atoms with Crippen molar-refractivity contribution >= 4 is 33.5 Å². The molecule has 2 aliphatic heterocycles. The van der Waals surface area contributed by atoms with E-state index in [-0.39, 0.29) is 19.4 Å². The van der Waals surface area contributed by atoms with Gasteiger partial charge in [-0.2, -0.15) is 17.6 Å². The van der Waals surface area contributed by atoms with Gasteiger partial charge in [-0.15, -0.1) is 0 Å². The zero-order chi connectivity index (χ0) is 32.0. The summed E-state index contributed by atoms with van der Waals surface area (Å²) in [5.74, 6) is -11.0. The van der Waals surface area contributed by atoms with Crippen LogP contribution in [0.5, 0.6) is 0 Å². The van der Waals surface area contributed by atoms with Gasteiger partial charge in [0.05, 0.1) is 6.04 Å². The molecule has 0 aromatic carbocycles. The normalized spacial score (nSPS) is 27.7. The predicted molar refractivity (Wildman–Crippen MR) is 136 cm³/mol. The lowest BCUT2D eigenvalue weighted by atomic mass is 9.85. The molecule has 3 fully saturated rings. The van der Waals surface area contributed by atoms with E-state index >= 15 is 0 Å². The molecule has 6 atom stereocenters. The van der Waals surface area contributed by atoms with Gasteiger partial charge in [0.25, 0.3) is 0 Å². The summed E-state index contributed by atoms with van der Waals surface area (Å²) in [6.45, 7) is 3.97. The van der Waals surface area contributed by atoms with Gasteiger partial charge in [-0.25, -0.2) is 17.2 Å². The van der Waals surface area contributed by atoms with Crippen molar-refractivity contribution in [2.75, 3.05) is 19.3 Å². The minimum atomic E-state index is -5.33. The van der Waals surface area contributed by atoms with Crippen LogP contribution in [0.3, 0.4) is 0 Å². The maximum Gasteiger partial charge on any atom is 0.471 e. The first-order valence-corrected chi connectivity index (χ1v) is 15.1. The van der Waals surface area contributed by atoms with E-state index < -0.39 is 111 Å². The van der Waals surface area contributed by atoms with Crippen LogP contribution in [-0.4, -0.2) is 86.5 Å². The molecule has 42 heavy (non-hydrogen) atoms. The number of hydrogen-bond acceptors (Lipinski definition) is 6. The number of nitrogens with one attached hydrogen (secondary N) is 3. The van der Waals surface area contributed by atoms with Crippen molar-refractivity contribution in [1.29, 1.82) is 0 Å². The van der Waals surface area contributed by atoms with Gasteiger partial charge >= 0.3 is 12.1 Å². The Morgan fingerprint density at radius 1 is 1.14 bits per heavy atom. The first-order valence-electron chi connectivity index (χ1n) is 13.2. The summed E-state index contributed by atoms with van der Waals surface area (Å²) in [7, 11) is -4.36. The molecule has 3 rings (SSSR count). The molecule has 1 saturated carbocycles. The molecule has 2 heterocycles. The Hall–Kier alpha value is -2.85. The SMILES string of the molecule is CC(C)(C)[C@@H](NC(=O)C(F)(F)F)C(=O)N1C[C@H]2CC(F)(F)C[C@H]2[C@@H]1C(=O)N[C@H](/C=C(\F)S(C)(=O)=O)C[C@@H]1CCNC1=O. The van der Waals surface area contributed by atoms with E-state index in [1.165, 1.54) is 20.8 Å². The highest BCUT2D eigenvalue weighted by Crippen LogP contribution is 2.50. The molecular formula is C25H34F6N4O6S. The van der Waals surface area contributed by atoms with Crippen LogP contribution in [0.2, 0.25) is 0 Å². The number of fused-ring (bicyclic) bond motifs is 1. The number of amides is 4. The number of carbonyl (C=O) groups excluding carboxylic acids is 4. The topological polar surface area (TPSA) is 142 Å². The van der Waals surface area contributed by atoms with Crippen LogP contribution >= 0.6 is 0 Å². The first kappa shape index (κ1) is 33.6. The number of halogens is 6. The second kappa shape index (κ2) is 11.7. The van der Waals surface area contributed by atoms with Crippen molar-refractivity contribution in [3.63, 3.8) is 0 Å². The molecule has 0 aromatic rings. The third-order valence-electron chi connectivity index (χ3n) is 7.79. The van der Waals surface area contributed by atoms with Crippen LogP contribution in [0, 0.1) is 23.2 Å². The summed E-state index contributed by atoms with van der Waals surface area (Å²) >= 11 is 0.